The number of carbonyl (C=O) groups is 2. The Morgan fingerprint density at radius 2 is 1.63 bits per heavy atom. The van der Waals surface area contributed by atoms with Gasteiger partial charge in [0, 0.05) is 11.9 Å². The molecule has 0 heterocycles. The SMILES string of the molecule is CC1(OC(=O)CC(=O)NSC(F)(F)C(F)(F)C(F)(F)S(=O)(=O)O)CCCC1. The third kappa shape index (κ3) is 5.19. The van der Waals surface area contributed by atoms with E-state index in [1.54, 1.807) is 6.92 Å². The lowest BCUT2D eigenvalue weighted by Gasteiger charge is -2.29. The molecule has 0 aromatic heterocycles. The van der Waals surface area contributed by atoms with Gasteiger partial charge in [-0.2, -0.15) is 34.8 Å². The number of halogens is 6. The molecule has 158 valence electrons. The van der Waals surface area contributed by atoms with Crippen LogP contribution in [-0.4, -0.2) is 46.9 Å². The quantitative estimate of drug-likeness (QED) is 0.194. The maximum Gasteiger partial charge on any atom is 0.439 e. The van der Waals surface area contributed by atoms with Crippen molar-refractivity contribution in [2.45, 2.75) is 61.1 Å². The van der Waals surface area contributed by atoms with Crippen molar-refractivity contribution in [3.8, 4) is 0 Å². The number of hydrogen-bond acceptors (Lipinski definition) is 6. The van der Waals surface area contributed by atoms with Gasteiger partial charge in [0.05, 0.1) is 0 Å². The van der Waals surface area contributed by atoms with E-state index in [0.717, 1.165) is 17.6 Å². The number of amides is 1. The van der Waals surface area contributed by atoms with E-state index >= 15 is 0 Å². The molecule has 0 spiro atoms. The number of alkyl halides is 6. The van der Waals surface area contributed by atoms with E-state index in [-0.39, 0.29) is 0 Å². The predicted octanol–water partition coefficient (Wildman–Crippen LogP) is 2.73. The van der Waals surface area contributed by atoms with E-state index in [4.69, 9.17) is 9.29 Å². The van der Waals surface area contributed by atoms with Crippen molar-refractivity contribution in [1.29, 1.82) is 0 Å². The van der Waals surface area contributed by atoms with Gasteiger partial charge in [0.1, 0.15) is 12.0 Å². The van der Waals surface area contributed by atoms with Crippen LogP contribution in [0.25, 0.3) is 0 Å². The van der Waals surface area contributed by atoms with Crippen molar-refractivity contribution in [2.75, 3.05) is 0 Å². The van der Waals surface area contributed by atoms with E-state index in [2.05, 4.69) is 0 Å². The summed E-state index contributed by atoms with van der Waals surface area (Å²) >= 11 is -1.53. The number of hydrogen-bond donors (Lipinski definition) is 2. The Bertz CT molecular complexity index is 692. The third-order valence-corrected chi connectivity index (χ3v) is 5.42. The topological polar surface area (TPSA) is 110 Å². The highest BCUT2D eigenvalue weighted by Gasteiger charge is 2.78. The fourth-order valence-corrected chi connectivity index (χ4v) is 3.31. The molecular formula is C12H15F6NO6S2. The molecule has 1 saturated carbocycles. The first-order valence-electron chi connectivity index (χ1n) is 7.24. The van der Waals surface area contributed by atoms with Gasteiger partial charge in [0.25, 0.3) is 0 Å². The van der Waals surface area contributed by atoms with Crippen molar-refractivity contribution < 1.29 is 53.6 Å². The van der Waals surface area contributed by atoms with Gasteiger partial charge in [-0.05, 0) is 32.6 Å². The van der Waals surface area contributed by atoms with Gasteiger partial charge in [-0.1, -0.05) is 0 Å². The Kier molecular flexibility index (Phi) is 6.75. The Labute approximate surface area is 154 Å². The van der Waals surface area contributed by atoms with Crippen molar-refractivity contribution >= 4 is 33.9 Å². The summed E-state index contributed by atoms with van der Waals surface area (Å²) in [5.74, 6) is -9.28. The molecule has 0 aromatic carbocycles. The zero-order valence-corrected chi connectivity index (χ0v) is 15.2. The lowest BCUT2D eigenvalue weighted by molar-refractivity contribution is -0.242. The molecule has 7 nitrogen and oxygen atoms in total. The first-order valence-corrected chi connectivity index (χ1v) is 9.50. The molecule has 0 radical (unpaired) electrons. The lowest BCUT2D eigenvalue weighted by Crippen LogP contribution is -2.57. The molecule has 0 aliphatic heterocycles. The van der Waals surface area contributed by atoms with E-state index in [0.29, 0.717) is 12.8 Å². The number of rotatable bonds is 8. The summed E-state index contributed by atoms with van der Waals surface area (Å²) in [5, 5.41) is -12.4. The fraction of sp³-hybridized carbons (Fsp3) is 0.833. The number of ether oxygens (including phenoxy) is 1. The maximum atomic E-state index is 13.3. The smallest absolute Gasteiger partial charge is 0.439 e. The van der Waals surface area contributed by atoms with Crippen LogP contribution in [0.15, 0.2) is 0 Å². The van der Waals surface area contributed by atoms with Gasteiger partial charge in [0.15, 0.2) is 0 Å². The highest BCUT2D eigenvalue weighted by Crippen LogP contribution is 2.52. The van der Waals surface area contributed by atoms with Crippen LogP contribution in [0.4, 0.5) is 26.3 Å². The lowest BCUT2D eigenvalue weighted by atomic mass is 10.1. The molecule has 15 heteroatoms. The maximum absolute atomic E-state index is 13.3. The average Bonchev–Trinajstić information content (AvgIpc) is 2.89. The summed E-state index contributed by atoms with van der Waals surface area (Å²) in [6.45, 7) is 1.58. The monoisotopic (exact) mass is 447 g/mol. The molecule has 0 aromatic rings. The predicted molar refractivity (Wildman–Crippen MR) is 79.7 cm³/mol. The van der Waals surface area contributed by atoms with E-state index in [1.807, 2.05) is 0 Å². The summed E-state index contributed by atoms with van der Waals surface area (Å²) < 4.78 is 114. The van der Waals surface area contributed by atoms with Crippen LogP contribution in [0, 0.1) is 0 Å². The molecule has 0 bridgehead atoms. The summed E-state index contributed by atoms with van der Waals surface area (Å²) in [5.41, 5.74) is -0.848. The highest BCUT2D eigenvalue weighted by molar-refractivity contribution is 7.99. The first-order chi connectivity index (χ1) is 12.0. The molecule has 2 N–H and O–H groups in total. The minimum Gasteiger partial charge on any atom is -0.459 e. The molecule has 0 saturated heterocycles. The fourth-order valence-electron chi connectivity index (χ4n) is 2.22. The third-order valence-electron chi connectivity index (χ3n) is 3.67. The zero-order chi connectivity index (χ0) is 21.3. The molecular weight excluding hydrogens is 432 g/mol. The number of carbonyl (C=O) groups excluding carboxylic acids is 2. The van der Waals surface area contributed by atoms with Crippen LogP contribution in [-0.2, 0) is 24.4 Å². The molecule has 1 aliphatic rings. The number of nitrogens with one attached hydrogen (secondary N) is 1. The largest absolute Gasteiger partial charge is 0.459 e. The van der Waals surface area contributed by atoms with Gasteiger partial charge in [-0.25, -0.2) is 0 Å². The molecule has 1 fully saturated rings. The Morgan fingerprint density at radius 3 is 2.07 bits per heavy atom. The Morgan fingerprint density at radius 1 is 1.15 bits per heavy atom. The molecule has 1 amide bonds. The summed E-state index contributed by atoms with van der Waals surface area (Å²) in [7, 11) is -6.88. The van der Waals surface area contributed by atoms with Crippen LogP contribution in [0.3, 0.4) is 0 Å². The van der Waals surface area contributed by atoms with Crippen molar-refractivity contribution in [3.63, 3.8) is 0 Å². The van der Waals surface area contributed by atoms with Crippen LogP contribution in [0.1, 0.15) is 39.0 Å². The Hall–Kier alpha value is -1.22. The van der Waals surface area contributed by atoms with Crippen LogP contribution in [0.5, 0.6) is 0 Å². The average molecular weight is 447 g/mol. The summed E-state index contributed by atoms with van der Waals surface area (Å²) in [6, 6.07) is 0. The second-order valence-corrected chi connectivity index (χ2v) is 8.40. The second kappa shape index (κ2) is 7.66. The van der Waals surface area contributed by atoms with E-state index in [9.17, 15) is 44.3 Å². The normalized spacial score (nSPS) is 18.2. The molecule has 1 aliphatic carbocycles. The second-order valence-electron chi connectivity index (χ2n) is 6.02. The van der Waals surface area contributed by atoms with Crippen LogP contribution in [0.2, 0.25) is 0 Å². The highest BCUT2D eigenvalue weighted by atomic mass is 32.2. The van der Waals surface area contributed by atoms with Crippen molar-refractivity contribution in [1.82, 2.24) is 4.72 Å². The minimum absolute atomic E-state index is 0.504. The summed E-state index contributed by atoms with van der Waals surface area (Å²) in [4.78, 5) is 23.0. The van der Waals surface area contributed by atoms with Crippen molar-refractivity contribution in [3.05, 3.63) is 0 Å². The zero-order valence-electron chi connectivity index (χ0n) is 13.6. The van der Waals surface area contributed by atoms with Gasteiger partial charge in [-0.3, -0.25) is 18.9 Å². The van der Waals surface area contributed by atoms with Crippen LogP contribution >= 0.6 is 11.9 Å². The Balaban J connectivity index is 2.69. The minimum atomic E-state index is -6.88. The van der Waals surface area contributed by atoms with E-state index in [1.165, 1.54) is 0 Å². The molecule has 27 heavy (non-hydrogen) atoms. The van der Waals surface area contributed by atoms with Gasteiger partial charge >= 0.3 is 32.5 Å². The van der Waals surface area contributed by atoms with E-state index < -0.39 is 62.4 Å². The van der Waals surface area contributed by atoms with Crippen LogP contribution < -0.4 is 4.72 Å². The molecule has 0 atom stereocenters. The standard InChI is InChI=1S/C12H15F6NO6S2/c1-9(4-2-3-5-9)25-8(21)6-7(20)19-26-11(15,16)10(13,14)12(17,18)27(22,23)24/h2-6H2,1H3,(H,19,20)(H,22,23,24). The molecule has 1 rings (SSSR count). The van der Waals surface area contributed by atoms with Gasteiger partial charge in [0.2, 0.25) is 5.91 Å². The van der Waals surface area contributed by atoms with Gasteiger partial charge < -0.3 is 4.74 Å². The number of esters is 1. The van der Waals surface area contributed by atoms with Crippen molar-refractivity contribution in [2.24, 2.45) is 0 Å². The first kappa shape index (κ1) is 23.8. The molecule has 0 unspecified atom stereocenters. The summed E-state index contributed by atoms with van der Waals surface area (Å²) in [6.07, 6.45) is 1.37. The van der Waals surface area contributed by atoms with Gasteiger partial charge in [-0.15, -0.1) is 0 Å².